The van der Waals surface area contributed by atoms with E-state index in [9.17, 15) is 0 Å². The van der Waals surface area contributed by atoms with Gasteiger partial charge in [0.05, 0.1) is 26.9 Å². The third-order valence-corrected chi connectivity index (χ3v) is 4.26. The molecule has 0 fully saturated rings. The minimum Gasteiger partial charge on any atom is -0.496 e. The van der Waals surface area contributed by atoms with Crippen LogP contribution in [0.2, 0.25) is 0 Å². The topological polar surface area (TPSA) is 36.9 Å². The maximum absolute atomic E-state index is 5.87. The quantitative estimate of drug-likeness (QED) is 0.567. The van der Waals surface area contributed by atoms with Gasteiger partial charge in [-0.25, -0.2) is 0 Å². The molecule has 0 aliphatic heterocycles. The summed E-state index contributed by atoms with van der Waals surface area (Å²) in [4.78, 5) is 0. The van der Waals surface area contributed by atoms with E-state index in [1.165, 1.54) is 0 Å². The second kappa shape index (κ2) is 9.95. The standard InChI is InChI=1S/C22H30O4/c1-6-17(18-12-10-11-13-19(18)23-5)16-14-20(24-7-2)22(26-9-4)21(15-16)25-8-3/h10-15,17H,6-9H2,1-5H3. The lowest BCUT2D eigenvalue weighted by atomic mass is 9.88. The molecule has 0 N–H and O–H groups in total. The third kappa shape index (κ3) is 4.43. The highest BCUT2D eigenvalue weighted by atomic mass is 16.5. The molecule has 0 saturated heterocycles. The highest BCUT2D eigenvalue weighted by Gasteiger charge is 2.22. The van der Waals surface area contributed by atoms with Crippen LogP contribution in [0.25, 0.3) is 0 Å². The SMILES string of the molecule is CCOc1cc(C(CC)c2ccccc2OC)cc(OCC)c1OCC. The van der Waals surface area contributed by atoms with Gasteiger partial charge in [0, 0.05) is 11.5 Å². The van der Waals surface area contributed by atoms with Crippen molar-refractivity contribution in [1.29, 1.82) is 0 Å². The van der Waals surface area contributed by atoms with Gasteiger partial charge in [0.2, 0.25) is 5.75 Å². The van der Waals surface area contributed by atoms with Gasteiger partial charge in [-0.05, 0) is 51.0 Å². The number of rotatable bonds is 10. The lowest BCUT2D eigenvalue weighted by Crippen LogP contribution is -2.07. The fourth-order valence-corrected chi connectivity index (χ4v) is 3.20. The van der Waals surface area contributed by atoms with Crippen LogP contribution in [-0.2, 0) is 0 Å². The molecule has 2 aromatic carbocycles. The van der Waals surface area contributed by atoms with Crippen LogP contribution in [0.5, 0.6) is 23.0 Å². The van der Waals surface area contributed by atoms with E-state index >= 15 is 0 Å². The van der Waals surface area contributed by atoms with Gasteiger partial charge in [0.1, 0.15) is 5.75 Å². The summed E-state index contributed by atoms with van der Waals surface area (Å²) in [7, 11) is 1.71. The molecule has 0 aliphatic rings. The van der Waals surface area contributed by atoms with Gasteiger partial charge in [0.15, 0.2) is 11.5 Å². The van der Waals surface area contributed by atoms with Crippen molar-refractivity contribution in [3.63, 3.8) is 0 Å². The summed E-state index contributed by atoms with van der Waals surface area (Å²) in [5, 5.41) is 0. The largest absolute Gasteiger partial charge is 0.496 e. The van der Waals surface area contributed by atoms with Gasteiger partial charge in [-0.1, -0.05) is 25.1 Å². The van der Waals surface area contributed by atoms with Crippen molar-refractivity contribution >= 4 is 0 Å². The Kier molecular flexibility index (Phi) is 7.64. The highest BCUT2D eigenvalue weighted by Crippen LogP contribution is 2.44. The molecule has 142 valence electrons. The van der Waals surface area contributed by atoms with Gasteiger partial charge in [-0.3, -0.25) is 0 Å². The minimum absolute atomic E-state index is 0.181. The van der Waals surface area contributed by atoms with Crippen molar-refractivity contribution in [2.24, 2.45) is 0 Å². The van der Waals surface area contributed by atoms with Crippen molar-refractivity contribution in [2.75, 3.05) is 26.9 Å². The molecule has 26 heavy (non-hydrogen) atoms. The molecule has 2 aromatic rings. The zero-order valence-corrected chi connectivity index (χ0v) is 16.5. The van der Waals surface area contributed by atoms with E-state index in [0.29, 0.717) is 25.6 Å². The van der Waals surface area contributed by atoms with Gasteiger partial charge in [-0.2, -0.15) is 0 Å². The molecule has 2 rings (SSSR count). The number of para-hydroxylation sites is 1. The summed E-state index contributed by atoms with van der Waals surface area (Å²) in [5.41, 5.74) is 2.29. The molecule has 4 heteroatoms. The lowest BCUT2D eigenvalue weighted by Gasteiger charge is -2.22. The smallest absolute Gasteiger partial charge is 0.203 e. The first-order valence-corrected chi connectivity index (χ1v) is 9.39. The van der Waals surface area contributed by atoms with Gasteiger partial charge in [-0.15, -0.1) is 0 Å². The monoisotopic (exact) mass is 358 g/mol. The number of ether oxygens (including phenoxy) is 4. The Bertz CT molecular complexity index is 669. The van der Waals surface area contributed by atoms with Crippen molar-refractivity contribution in [1.82, 2.24) is 0 Å². The maximum atomic E-state index is 5.87. The summed E-state index contributed by atoms with van der Waals surface area (Å²) < 4.78 is 23.1. The molecule has 0 radical (unpaired) electrons. The fraction of sp³-hybridized carbons (Fsp3) is 0.455. The lowest BCUT2D eigenvalue weighted by molar-refractivity contribution is 0.260. The molecule has 0 spiro atoms. The van der Waals surface area contributed by atoms with Crippen LogP contribution < -0.4 is 18.9 Å². The van der Waals surface area contributed by atoms with Gasteiger partial charge in [0.25, 0.3) is 0 Å². The van der Waals surface area contributed by atoms with Crippen LogP contribution in [0.4, 0.5) is 0 Å². The molecule has 0 amide bonds. The van der Waals surface area contributed by atoms with E-state index < -0.39 is 0 Å². The number of benzene rings is 2. The Labute approximate surface area is 157 Å². The normalized spacial score (nSPS) is 11.7. The van der Waals surface area contributed by atoms with Gasteiger partial charge < -0.3 is 18.9 Å². The molecule has 0 heterocycles. The number of methoxy groups -OCH3 is 1. The zero-order chi connectivity index (χ0) is 18.9. The molecule has 1 atom stereocenters. The predicted octanol–water partition coefficient (Wildman–Crippen LogP) is 5.43. The minimum atomic E-state index is 0.181. The van der Waals surface area contributed by atoms with Crippen molar-refractivity contribution in [3.05, 3.63) is 47.5 Å². The van der Waals surface area contributed by atoms with Crippen LogP contribution in [0.15, 0.2) is 36.4 Å². The Hall–Kier alpha value is -2.36. The number of hydrogen-bond acceptors (Lipinski definition) is 4. The van der Waals surface area contributed by atoms with E-state index in [-0.39, 0.29) is 5.92 Å². The Morgan fingerprint density at radius 2 is 1.35 bits per heavy atom. The van der Waals surface area contributed by atoms with Gasteiger partial charge >= 0.3 is 0 Å². The Balaban J connectivity index is 2.58. The Morgan fingerprint density at radius 3 is 1.85 bits per heavy atom. The average Bonchev–Trinajstić information content (AvgIpc) is 2.66. The van der Waals surface area contributed by atoms with Crippen LogP contribution in [0.1, 0.15) is 51.2 Å². The van der Waals surface area contributed by atoms with E-state index in [1.807, 2.05) is 39.0 Å². The van der Waals surface area contributed by atoms with Crippen molar-refractivity contribution in [3.8, 4) is 23.0 Å². The Morgan fingerprint density at radius 1 is 0.769 bits per heavy atom. The van der Waals surface area contributed by atoms with E-state index in [0.717, 1.165) is 34.8 Å². The summed E-state index contributed by atoms with van der Waals surface area (Å²) in [6, 6.07) is 12.3. The molecular formula is C22H30O4. The average molecular weight is 358 g/mol. The highest BCUT2D eigenvalue weighted by molar-refractivity contribution is 5.56. The first-order chi connectivity index (χ1) is 12.7. The van der Waals surface area contributed by atoms with Crippen LogP contribution >= 0.6 is 0 Å². The summed E-state index contributed by atoms with van der Waals surface area (Å²) in [6.07, 6.45) is 0.936. The van der Waals surface area contributed by atoms with Crippen LogP contribution in [0, 0.1) is 0 Å². The van der Waals surface area contributed by atoms with Crippen molar-refractivity contribution in [2.45, 2.75) is 40.0 Å². The van der Waals surface area contributed by atoms with E-state index in [1.54, 1.807) is 7.11 Å². The molecule has 4 nitrogen and oxygen atoms in total. The first-order valence-electron chi connectivity index (χ1n) is 9.39. The second-order valence-electron chi connectivity index (χ2n) is 5.85. The molecule has 1 unspecified atom stereocenters. The first kappa shape index (κ1) is 20.0. The molecular weight excluding hydrogens is 328 g/mol. The molecule has 0 bridgehead atoms. The van der Waals surface area contributed by atoms with Crippen LogP contribution in [-0.4, -0.2) is 26.9 Å². The predicted molar refractivity (Wildman–Crippen MR) is 105 cm³/mol. The third-order valence-electron chi connectivity index (χ3n) is 4.26. The van der Waals surface area contributed by atoms with E-state index in [2.05, 4.69) is 25.1 Å². The maximum Gasteiger partial charge on any atom is 0.203 e. The summed E-state index contributed by atoms with van der Waals surface area (Å²) in [6.45, 7) is 9.78. The molecule has 0 aliphatic carbocycles. The zero-order valence-electron chi connectivity index (χ0n) is 16.5. The summed E-state index contributed by atoms with van der Waals surface area (Å²) >= 11 is 0. The second-order valence-corrected chi connectivity index (χ2v) is 5.85. The molecule has 0 aromatic heterocycles. The summed E-state index contributed by atoms with van der Waals surface area (Å²) in [5.74, 6) is 3.20. The molecule has 0 saturated carbocycles. The fourth-order valence-electron chi connectivity index (χ4n) is 3.20. The van der Waals surface area contributed by atoms with Crippen LogP contribution in [0.3, 0.4) is 0 Å². The number of hydrogen-bond donors (Lipinski definition) is 0. The van der Waals surface area contributed by atoms with Crippen molar-refractivity contribution < 1.29 is 18.9 Å². The van der Waals surface area contributed by atoms with E-state index in [4.69, 9.17) is 18.9 Å².